The molecule has 14 rings (SSSR count). The number of hydrogen-bond donors (Lipinski definition) is 0. The van der Waals surface area contributed by atoms with E-state index in [2.05, 4.69) is 287 Å². The summed E-state index contributed by atoms with van der Waals surface area (Å²) < 4.78 is 7.43. The van der Waals surface area contributed by atoms with Gasteiger partial charge in [-0.1, -0.05) is 212 Å². The largest absolute Gasteiger partial charge is 0.309 e. The van der Waals surface area contributed by atoms with Crippen LogP contribution in [0.3, 0.4) is 0 Å². The van der Waals surface area contributed by atoms with Crippen LogP contribution in [0, 0.1) is 0 Å². The van der Waals surface area contributed by atoms with Crippen molar-refractivity contribution in [1.29, 1.82) is 0 Å². The predicted molar refractivity (Wildman–Crippen MR) is 299 cm³/mol. The minimum atomic E-state index is -2.73. The molecule has 328 valence electrons. The topological polar surface area (TPSA) is 14.8 Å². The average molecular weight is 908 g/mol. The highest BCUT2D eigenvalue weighted by atomic mass is 28.3. The molecule has 0 N–H and O–H groups in total. The third-order valence-electron chi connectivity index (χ3n) is 14.8. The second kappa shape index (κ2) is 16.1. The van der Waals surface area contributed by atoms with Gasteiger partial charge >= 0.3 is 0 Å². The van der Waals surface area contributed by atoms with Gasteiger partial charge in [-0.15, -0.1) is 0 Å². The molecule has 70 heavy (non-hydrogen) atoms. The van der Waals surface area contributed by atoms with Crippen molar-refractivity contribution < 1.29 is 0 Å². The summed E-state index contributed by atoms with van der Waals surface area (Å²) >= 11 is 0. The molecule has 0 unspecified atom stereocenters. The van der Waals surface area contributed by atoms with E-state index in [9.17, 15) is 0 Å². The Morgan fingerprint density at radius 1 is 0.257 bits per heavy atom. The Bertz CT molecular complexity index is 4170. The van der Waals surface area contributed by atoms with Crippen molar-refractivity contribution in [2.24, 2.45) is 0 Å². The fourth-order valence-corrected chi connectivity index (χ4v) is 16.6. The van der Waals surface area contributed by atoms with Crippen molar-refractivity contribution in [3.8, 4) is 28.2 Å². The SMILES string of the molecule is c1ccc(-n2c3ccccc3c3c(-c4ccc5c6ccccc6n(-c6cccc7c8ccccc8n(-c8ccc([Si](c9ccccc9)(c9ccccc9)c9ccccc9)cc8)c67)c5c4)cccc32)cc1. The average Bonchev–Trinajstić information content (AvgIpc) is 4.08. The van der Waals surface area contributed by atoms with Crippen LogP contribution >= 0.6 is 0 Å². The standard InChI is InChI=1S/C66H45N3Si/c1-5-21-47(22-6-1)67-61-36-18-15-31-58(61)65-53(32-19-37-62(65)67)46-39-44-56-54-29-13-17-35-60(54)69(64(56)45-46)63-38-20-33-57-55-30-14-16-34-59(55)68(66(57)63)48-40-42-52(43-41-48)70(49-23-7-2-8-24-49,50-25-9-3-10-26-50)51-27-11-4-12-28-51/h1-45H. The van der Waals surface area contributed by atoms with E-state index in [0.717, 1.165) is 17.1 Å². The quantitative estimate of drug-likeness (QED) is 0.107. The van der Waals surface area contributed by atoms with Gasteiger partial charge in [0.2, 0.25) is 0 Å². The Morgan fingerprint density at radius 2 is 0.700 bits per heavy atom. The molecule has 0 fully saturated rings. The lowest BCUT2D eigenvalue weighted by molar-refractivity contribution is 1.13. The normalized spacial score (nSPS) is 12.0. The highest BCUT2D eigenvalue weighted by Crippen LogP contribution is 2.43. The number of aromatic nitrogens is 3. The number of nitrogens with zero attached hydrogens (tertiary/aromatic N) is 3. The van der Waals surface area contributed by atoms with Crippen LogP contribution in [0.15, 0.2) is 273 Å². The Kier molecular flexibility index (Phi) is 9.23. The smallest absolute Gasteiger partial charge is 0.179 e. The zero-order chi connectivity index (χ0) is 46.2. The van der Waals surface area contributed by atoms with Crippen LogP contribution in [0.2, 0.25) is 0 Å². The predicted octanol–water partition coefficient (Wildman–Crippen LogP) is 14.0. The number of fused-ring (bicyclic) bond motifs is 9. The van der Waals surface area contributed by atoms with Gasteiger partial charge in [0.05, 0.1) is 38.8 Å². The maximum Gasteiger partial charge on any atom is 0.179 e. The molecular formula is C66H45N3Si. The van der Waals surface area contributed by atoms with Gasteiger partial charge in [-0.3, -0.25) is 0 Å². The molecule has 3 aromatic heterocycles. The molecule has 0 radical (unpaired) electrons. The minimum absolute atomic E-state index is 1.13. The van der Waals surface area contributed by atoms with Crippen LogP contribution in [-0.2, 0) is 0 Å². The number of benzene rings is 11. The Hall–Kier alpha value is -8.96. The molecule has 0 bridgehead atoms. The third-order valence-corrected chi connectivity index (χ3v) is 19.6. The molecule has 0 atom stereocenters. The van der Waals surface area contributed by atoms with Gasteiger partial charge in [0.1, 0.15) is 0 Å². The molecular weight excluding hydrogens is 863 g/mol. The van der Waals surface area contributed by atoms with E-state index < -0.39 is 8.07 Å². The summed E-state index contributed by atoms with van der Waals surface area (Å²) in [6.45, 7) is 0. The van der Waals surface area contributed by atoms with Gasteiger partial charge in [0.15, 0.2) is 8.07 Å². The lowest BCUT2D eigenvalue weighted by atomic mass is 9.98. The molecule has 4 heteroatoms. The Morgan fingerprint density at radius 3 is 1.33 bits per heavy atom. The minimum Gasteiger partial charge on any atom is -0.309 e. The fraction of sp³-hybridized carbons (Fsp3) is 0. The first-order valence-corrected chi connectivity index (χ1v) is 26.2. The van der Waals surface area contributed by atoms with Crippen molar-refractivity contribution >= 4 is 94.2 Å². The molecule has 0 spiro atoms. The lowest BCUT2D eigenvalue weighted by Gasteiger charge is -2.34. The van der Waals surface area contributed by atoms with E-state index >= 15 is 0 Å². The fourth-order valence-electron chi connectivity index (χ4n) is 11.9. The van der Waals surface area contributed by atoms with Gasteiger partial charge in [-0.25, -0.2) is 0 Å². The molecule has 3 heterocycles. The molecule has 11 aromatic carbocycles. The number of hydrogen-bond acceptors (Lipinski definition) is 0. The highest BCUT2D eigenvalue weighted by molar-refractivity contribution is 7.19. The van der Waals surface area contributed by atoms with Crippen LogP contribution in [0.1, 0.15) is 0 Å². The first kappa shape index (κ1) is 40.1. The van der Waals surface area contributed by atoms with Crippen molar-refractivity contribution in [2.45, 2.75) is 0 Å². The van der Waals surface area contributed by atoms with Gasteiger partial charge in [-0.2, -0.15) is 0 Å². The van der Waals surface area contributed by atoms with E-state index in [1.54, 1.807) is 0 Å². The van der Waals surface area contributed by atoms with Crippen LogP contribution in [0.25, 0.3) is 93.6 Å². The molecule has 0 amide bonds. The molecule has 3 nitrogen and oxygen atoms in total. The van der Waals surface area contributed by atoms with E-state index in [1.165, 1.54) is 97.3 Å². The van der Waals surface area contributed by atoms with Crippen molar-refractivity contribution in [1.82, 2.24) is 13.7 Å². The van der Waals surface area contributed by atoms with Crippen LogP contribution in [0.5, 0.6) is 0 Å². The van der Waals surface area contributed by atoms with Crippen molar-refractivity contribution in [3.63, 3.8) is 0 Å². The summed E-state index contributed by atoms with van der Waals surface area (Å²) in [5.74, 6) is 0. The summed E-state index contributed by atoms with van der Waals surface area (Å²) in [5.41, 5.74) is 12.9. The number of rotatable bonds is 8. The van der Waals surface area contributed by atoms with E-state index in [4.69, 9.17) is 0 Å². The zero-order valence-corrected chi connectivity index (χ0v) is 39.3. The first-order chi connectivity index (χ1) is 34.8. The molecule has 14 aromatic rings. The molecule has 0 saturated heterocycles. The summed E-state index contributed by atoms with van der Waals surface area (Å²) in [7, 11) is -2.73. The Labute approximate surface area is 407 Å². The lowest BCUT2D eigenvalue weighted by Crippen LogP contribution is -2.74. The second-order valence-electron chi connectivity index (χ2n) is 18.4. The summed E-state index contributed by atoms with van der Waals surface area (Å²) in [5, 5.41) is 12.9. The van der Waals surface area contributed by atoms with Crippen LogP contribution < -0.4 is 20.7 Å². The first-order valence-electron chi connectivity index (χ1n) is 24.2. The van der Waals surface area contributed by atoms with E-state index in [1.807, 2.05) is 0 Å². The maximum absolute atomic E-state index is 2.73. The zero-order valence-electron chi connectivity index (χ0n) is 38.3. The van der Waals surface area contributed by atoms with Gasteiger partial charge in [0.25, 0.3) is 0 Å². The summed E-state index contributed by atoms with van der Waals surface area (Å²) in [4.78, 5) is 0. The number of para-hydroxylation sites is 5. The maximum atomic E-state index is 2.52. The molecule has 0 saturated carbocycles. The highest BCUT2D eigenvalue weighted by Gasteiger charge is 2.41. The van der Waals surface area contributed by atoms with Crippen molar-refractivity contribution in [3.05, 3.63) is 273 Å². The van der Waals surface area contributed by atoms with Crippen molar-refractivity contribution in [2.75, 3.05) is 0 Å². The second-order valence-corrected chi connectivity index (χ2v) is 22.2. The van der Waals surface area contributed by atoms with Gasteiger partial charge < -0.3 is 13.7 Å². The van der Waals surface area contributed by atoms with Crippen LogP contribution in [-0.4, -0.2) is 21.8 Å². The molecule has 0 aliphatic carbocycles. The summed E-state index contributed by atoms with van der Waals surface area (Å²) in [6, 6.07) is 101. The monoisotopic (exact) mass is 907 g/mol. The van der Waals surface area contributed by atoms with Gasteiger partial charge in [0, 0.05) is 43.7 Å². The van der Waals surface area contributed by atoms with E-state index in [0.29, 0.717) is 0 Å². The third kappa shape index (κ3) is 5.94. The molecule has 0 aliphatic heterocycles. The van der Waals surface area contributed by atoms with Crippen LogP contribution in [0.4, 0.5) is 0 Å². The molecule has 0 aliphatic rings. The van der Waals surface area contributed by atoms with E-state index in [-0.39, 0.29) is 0 Å². The van der Waals surface area contributed by atoms with Gasteiger partial charge in [-0.05, 0) is 92.5 Å². The Balaban J connectivity index is 1.01. The summed E-state index contributed by atoms with van der Waals surface area (Å²) in [6.07, 6.45) is 0.